The normalized spacial score (nSPS) is 13.4. The van der Waals surface area contributed by atoms with E-state index in [1.807, 2.05) is 0 Å². The lowest BCUT2D eigenvalue weighted by Crippen LogP contribution is -2.04. The van der Waals surface area contributed by atoms with E-state index in [1.165, 1.54) is 12.0 Å². The zero-order valence-electron chi connectivity index (χ0n) is 8.86. The Bertz CT molecular complexity index is 136. The molecule has 0 saturated heterocycles. The summed E-state index contributed by atoms with van der Waals surface area (Å²) in [6, 6.07) is 0. The van der Waals surface area contributed by atoms with Gasteiger partial charge in [0, 0.05) is 0 Å². The van der Waals surface area contributed by atoms with E-state index in [9.17, 15) is 0 Å². The van der Waals surface area contributed by atoms with Crippen molar-refractivity contribution < 1.29 is 0 Å². The van der Waals surface area contributed by atoms with Crippen LogP contribution in [0.25, 0.3) is 0 Å². The van der Waals surface area contributed by atoms with Crippen molar-refractivity contribution in [2.45, 2.75) is 48.0 Å². The molecule has 1 unspecified atom stereocenters. The quantitative estimate of drug-likeness (QED) is 0.538. The predicted octanol–water partition coefficient (Wildman–Crippen LogP) is 4.02. The molecule has 1 atom stereocenters. The van der Waals surface area contributed by atoms with Crippen molar-refractivity contribution in [3.8, 4) is 0 Å². The maximum Gasteiger partial charge on any atom is -0.0292 e. The van der Waals surface area contributed by atoms with Gasteiger partial charge in [-0.1, -0.05) is 31.9 Å². The Morgan fingerprint density at radius 1 is 1.00 bits per heavy atom. The highest BCUT2D eigenvalue weighted by Gasteiger charge is 2.07. The largest absolute Gasteiger partial charge is 0.0775 e. The first kappa shape index (κ1) is 10.7. The van der Waals surface area contributed by atoms with Gasteiger partial charge in [-0.05, 0) is 39.0 Å². The summed E-state index contributed by atoms with van der Waals surface area (Å²) in [6.07, 6.45) is 1.26. The third-order valence-electron chi connectivity index (χ3n) is 2.62. The van der Waals surface area contributed by atoms with Gasteiger partial charge in [0.2, 0.25) is 0 Å². The van der Waals surface area contributed by atoms with Gasteiger partial charge in [0.15, 0.2) is 0 Å². The van der Waals surface area contributed by atoms with E-state index in [-0.39, 0.29) is 0 Å². The summed E-state index contributed by atoms with van der Waals surface area (Å²) in [5.41, 5.74) is 3.05. The van der Waals surface area contributed by atoms with Gasteiger partial charge < -0.3 is 0 Å². The van der Waals surface area contributed by atoms with E-state index in [1.54, 1.807) is 5.57 Å². The van der Waals surface area contributed by atoms with Crippen LogP contribution in [0, 0.1) is 11.8 Å². The Kier molecular flexibility index (Phi) is 4.48. The molecule has 0 aliphatic carbocycles. The minimum absolute atomic E-state index is 0.810. The van der Waals surface area contributed by atoms with Gasteiger partial charge in [-0.2, -0.15) is 0 Å². The Morgan fingerprint density at radius 3 is 1.73 bits per heavy atom. The Hall–Kier alpha value is -0.260. The van der Waals surface area contributed by atoms with Crippen molar-refractivity contribution in [3.63, 3.8) is 0 Å². The summed E-state index contributed by atoms with van der Waals surface area (Å²) in [5, 5.41) is 0. The van der Waals surface area contributed by atoms with Crippen molar-refractivity contribution >= 4 is 0 Å². The molecule has 0 bridgehead atoms. The molecule has 11 heavy (non-hydrogen) atoms. The average molecular weight is 154 g/mol. The van der Waals surface area contributed by atoms with Crippen LogP contribution in [-0.4, -0.2) is 0 Å². The minimum Gasteiger partial charge on any atom is -0.0775 e. The van der Waals surface area contributed by atoms with Crippen LogP contribution in [-0.2, 0) is 0 Å². The molecule has 0 amide bonds. The van der Waals surface area contributed by atoms with Gasteiger partial charge in [0.05, 0.1) is 0 Å². The van der Waals surface area contributed by atoms with E-state index in [0.717, 1.165) is 11.8 Å². The lowest BCUT2D eigenvalue weighted by Gasteiger charge is -2.16. The van der Waals surface area contributed by atoms with Gasteiger partial charge in [0.25, 0.3) is 0 Å². The highest BCUT2D eigenvalue weighted by atomic mass is 14.1. The summed E-state index contributed by atoms with van der Waals surface area (Å²) in [4.78, 5) is 0. The Morgan fingerprint density at radius 2 is 1.45 bits per heavy atom. The number of hydrogen-bond acceptors (Lipinski definition) is 0. The average Bonchev–Trinajstić information content (AvgIpc) is 1.87. The molecule has 0 aliphatic heterocycles. The third kappa shape index (κ3) is 4.23. The molecule has 0 radical (unpaired) electrons. The number of hydrogen-bond donors (Lipinski definition) is 0. The Labute approximate surface area is 71.7 Å². The fourth-order valence-electron chi connectivity index (χ4n) is 0.923. The molecule has 0 aliphatic rings. The monoisotopic (exact) mass is 154 g/mol. The van der Waals surface area contributed by atoms with Gasteiger partial charge >= 0.3 is 0 Å². The standard InChI is InChI=1S/C11H22/c1-8(2)10(5)7-11(6)9(3)4/h8,10H,7H2,1-6H3. The zero-order valence-corrected chi connectivity index (χ0v) is 8.86. The summed E-state index contributed by atoms with van der Waals surface area (Å²) in [5.74, 6) is 1.63. The second-order valence-electron chi connectivity index (χ2n) is 4.21. The lowest BCUT2D eigenvalue weighted by molar-refractivity contribution is 0.415. The second-order valence-corrected chi connectivity index (χ2v) is 4.21. The molecular weight excluding hydrogens is 132 g/mol. The summed E-state index contributed by atoms with van der Waals surface area (Å²) < 4.78 is 0. The van der Waals surface area contributed by atoms with Crippen LogP contribution in [0.5, 0.6) is 0 Å². The third-order valence-corrected chi connectivity index (χ3v) is 2.62. The van der Waals surface area contributed by atoms with Gasteiger partial charge in [-0.15, -0.1) is 0 Å². The fraction of sp³-hybridized carbons (Fsp3) is 0.818. The molecule has 0 fully saturated rings. The van der Waals surface area contributed by atoms with Crippen LogP contribution in [0.2, 0.25) is 0 Å². The fourth-order valence-corrected chi connectivity index (χ4v) is 0.923. The molecule has 66 valence electrons. The van der Waals surface area contributed by atoms with Crippen molar-refractivity contribution in [2.24, 2.45) is 11.8 Å². The molecule has 0 rings (SSSR count). The Balaban J connectivity index is 3.96. The molecule has 0 heteroatoms. The van der Waals surface area contributed by atoms with E-state index >= 15 is 0 Å². The van der Waals surface area contributed by atoms with Crippen molar-refractivity contribution in [3.05, 3.63) is 11.1 Å². The summed E-state index contributed by atoms with van der Waals surface area (Å²) in [7, 11) is 0. The predicted molar refractivity (Wildman–Crippen MR) is 52.7 cm³/mol. The van der Waals surface area contributed by atoms with Crippen molar-refractivity contribution in [2.75, 3.05) is 0 Å². The van der Waals surface area contributed by atoms with Crippen LogP contribution in [0.15, 0.2) is 11.1 Å². The molecule has 0 heterocycles. The van der Waals surface area contributed by atoms with Crippen LogP contribution >= 0.6 is 0 Å². The maximum atomic E-state index is 2.33. The molecule has 0 aromatic rings. The SMILES string of the molecule is CC(C)=C(C)CC(C)C(C)C. The smallest absolute Gasteiger partial charge is 0.0292 e. The first-order valence-electron chi connectivity index (χ1n) is 4.58. The number of allylic oxidation sites excluding steroid dienone is 2. The van der Waals surface area contributed by atoms with E-state index in [2.05, 4.69) is 41.5 Å². The zero-order chi connectivity index (χ0) is 9.02. The summed E-state index contributed by atoms with van der Waals surface area (Å²) >= 11 is 0. The van der Waals surface area contributed by atoms with E-state index < -0.39 is 0 Å². The molecule has 0 spiro atoms. The highest BCUT2D eigenvalue weighted by Crippen LogP contribution is 2.20. The molecule has 0 saturated carbocycles. The van der Waals surface area contributed by atoms with Crippen LogP contribution in [0.3, 0.4) is 0 Å². The molecule has 0 aromatic heterocycles. The first-order chi connectivity index (χ1) is 4.95. The van der Waals surface area contributed by atoms with Crippen molar-refractivity contribution in [1.82, 2.24) is 0 Å². The van der Waals surface area contributed by atoms with Gasteiger partial charge in [-0.25, -0.2) is 0 Å². The maximum absolute atomic E-state index is 2.33. The minimum atomic E-state index is 0.810. The van der Waals surface area contributed by atoms with Crippen molar-refractivity contribution in [1.29, 1.82) is 0 Å². The molecule has 0 nitrogen and oxygen atoms in total. The van der Waals surface area contributed by atoms with Crippen LogP contribution < -0.4 is 0 Å². The second kappa shape index (κ2) is 4.58. The lowest BCUT2D eigenvalue weighted by atomic mass is 9.90. The van der Waals surface area contributed by atoms with E-state index in [4.69, 9.17) is 0 Å². The molecular formula is C11H22. The molecule has 0 N–H and O–H groups in total. The number of rotatable bonds is 3. The van der Waals surface area contributed by atoms with Crippen LogP contribution in [0.1, 0.15) is 48.0 Å². The molecule has 0 aromatic carbocycles. The van der Waals surface area contributed by atoms with Gasteiger partial charge in [-0.3, -0.25) is 0 Å². The van der Waals surface area contributed by atoms with Gasteiger partial charge in [0.1, 0.15) is 0 Å². The van der Waals surface area contributed by atoms with Crippen LogP contribution in [0.4, 0.5) is 0 Å². The highest BCUT2D eigenvalue weighted by molar-refractivity contribution is 5.07. The topological polar surface area (TPSA) is 0 Å². The van der Waals surface area contributed by atoms with E-state index in [0.29, 0.717) is 0 Å². The summed E-state index contributed by atoms with van der Waals surface area (Å²) in [6.45, 7) is 13.6. The first-order valence-corrected chi connectivity index (χ1v) is 4.58.